The summed E-state index contributed by atoms with van der Waals surface area (Å²) in [6.45, 7) is 0. The Hall–Kier alpha value is -4.20. The zero-order chi connectivity index (χ0) is 23.8. The average Bonchev–Trinajstić information content (AvgIpc) is 3.30. The van der Waals surface area contributed by atoms with E-state index in [1.54, 1.807) is 24.3 Å². The van der Waals surface area contributed by atoms with Crippen molar-refractivity contribution in [1.82, 2.24) is 14.6 Å². The van der Waals surface area contributed by atoms with Crippen molar-refractivity contribution in [2.45, 2.75) is 38.0 Å². The van der Waals surface area contributed by atoms with Crippen molar-refractivity contribution in [3.05, 3.63) is 81.8 Å². The molecule has 2 heterocycles. The van der Waals surface area contributed by atoms with E-state index in [-0.39, 0.29) is 28.4 Å². The lowest BCUT2D eigenvalue weighted by molar-refractivity contribution is 0.0682. The van der Waals surface area contributed by atoms with E-state index in [0.717, 1.165) is 48.8 Å². The third-order valence-electron chi connectivity index (χ3n) is 6.52. The molecule has 4 aromatic rings. The van der Waals surface area contributed by atoms with Crippen molar-refractivity contribution >= 4 is 17.6 Å². The molecule has 1 aliphatic carbocycles. The summed E-state index contributed by atoms with van der Waals surface area (Å²) in [5.74, 6) is -2.05. The fourth-order valence-electron chi connectivity index (χ4n) is 4.75. The van der Waals surface area contributed by atoms with E-state index in [4.69, 9.17) is 10.1 Å². The van der Waals surface area contributed by atoms with E-state index >= 15 is 0 Å². The number of hydrogen-bond donors (Lipinski definition) is 3. The molecular formula is C26H23N3O5. The Labute approximate surface area is 194 Å². The summed E-state index contributed by atoms with van der Waals surface area (Å²) in [7, 11) is 0. The van der Waals surface area contributed by atoms with E-state index in [2.05, 4.69) is 5.10 Å². The molecule has 1 saturated carbocycles. The smallest absolute Gasteiger partial charge is 0.353 e. The Bertz CT molecular complexity index is 1440. The van der Waals surface area contributed by atoms with E-state index in [1.165, 1.54) is 10.6 Å². The first-order valence-electron chi connectivity index (χ1n) is 11.3. The summed E-state index contributed by atoms with van der Waals surface area (Å²) >= 11 is 0. The molecule has 172 valence electrons. The molecule has 0 unspecified atom stereocenters. The fourth-order valence-corrected chi connectivity index (χ4v) is 4.75. The topological polar surface area (TPSA) is 125 Å². The number of carboxylic acid groups (broad SMARTS) is 2. The molecule has 0 atom stereocenters. The predicted octanol–water partition coefficient (Wildman–Crippen LogP) is 4.80. The maximum atomic E-state index is 13.5. The molecule has 0 radical (unpaired) electrons. The van der Waals surface area contributed by atoms with Crippen molar-refractivity contribution in [3.63, 3.8) is 0 Å². The number of aromatic nitrogens is 3. The van der Waals surface area contributed by atoms with Gasteiger partial charge in [-0.25, -0.2) is 19.1 Å². The van der Waals surface area contributed by atoms with Gasteiger partial charge in [-0.05, 0) is 42.0 Å². The lowest BCUT2D eigenvalue weighted by Crippen LogP contribution is -2.25. The van der Waals surface area contributed by atoms with Crippen molar-refractivity contribution in [2.75, 3.05) is 0 Å². The minimum atomic E-state index is -1.15. The number of fused-ring (bicyclic) bond motifs is 1. The van der Waals surface area contributed by atoms with Gasteiger partial charge >= 0.3 is 11.9 Å². The summed E-state index contributed by atoms with van der Waals surface area (Å²) in [5.41, 5.74) is 3.92. The monoisotopic (exact) mass is 457 g/mol. The van der Waals surface area contributed by atoms with Gasteiger partial charge in [-0.2, -0.15) is 0 Å². The molecule has 3 N–H and O–H groups in total. The molecule has 1 aliphatic rings. The molecule has 8 heteroatoms. The van der Waals surface area contributed by atoms with Crippen LogP contribution in [-0.2, 0) is 0 Å². The van der Waals surface area contributed by atoms with Gasteiger partial charge in [-0.3, -0.25) is 9.89 Å². The summed E-state index contributed by atoms with van der Waals surface area (Å²) in [6.07, 6.45) is 5.03. The number of aromatic carboxylic acids is 2. The molecule has 2 aromatic carbocycles. The van der Waals surface area contributed by atoms with Crippen LogP contribution in [0.3, 0.4) is 0 Å². The third kappa shape index (κ3) is 3.87. The van der Waals surface area contributed by atoms with Gasteiger partial charge in [0, 0.05) is 17.2 Å². The summed E-state index contributed by atoms with van der Waals surface area (Å²) in [4.78, 5) is 40.8. The zero-order valence-corrected chi connectivity index (χ0v) is 18.3. The highest BCUT2D eigenvalue weighted by atomic mass is 16.4. The first kappa shape index (κ1) is 21.6. The zero-order valence-electron chi connectivity index (χ0n) is 18.3. The van der Waals surface area contributed by atoms with Gasteiger partial charge in [0.25, 0.3) is 5.56 Å². The first-order valence-corrected chi connectivity index (χ1v) is 11.3. The number of hydrogen-bond acceptors (Lipinski definition) is 4. The van der Waals surface area contributed by atoms with Crippen LogP contribution in [-0.4, -0.2) is 36.7 Å². The number of H-pyrrole nitrogens is 1. The Balaban J connectivity index is 1.60. The number of carboxylic acids is 2. The number of benzene rings is 2. The van der Waals surface area contributed by atoms with Crippen LogP contribution in [0.15, 0.2) is 59.4 Å². The molecule has 2 aromatic heterocycles. The molecular weight excluding hydrogens is 434 g/mol. The average molecular weight is 457 g/mol. The molecule has 0 amide bonds. The Morgan fingerprint density at radius 1 is 0.853 bits per heavy atom. The molecule has 34 heavy (non-hydrogen) atoms. The number of carbonyl (C=O) groups is 2. The van der Waals surface area contributed by atoms with Crippen molar-refractivity contribution < 1.29 is 19.8 Å². The maximum Gasteiger partial charge on any atom is 0.353 e. The minimum Gasteiger partial charge on any atom is -0.478 e. The lowest BCUT2D eigenvalue weighted by Gasteiger charge is -2.23. The van der Waals surface area contributed by atoms with Crippen molar-refractivity contribution in [1.29, 1.82) is 0 Å². The summed E-state index contributed by atoms with van der Waals surface area (Å²) < 4.78 is 1.23. The highest BCUT2D eigenvalue weighted by molar-refractivity contribution is 5.88. The molecule has 0 spiro atoms. The minimum absolute atomic E-state index is 0.0699. The summed E-state index contributed by atoms with van der Waals surface area (Å²) in [5, 5.41) is 21.1. The normalized spacial score (nSPS) is 14.4. The van der Waals surface area contributed by atoms with Gasteiger partial charge in [0.05, 0.1) is 11.3 Å². The van der Waals surface area contributed by atoms with Gasteiger partial charge in [-0.1, -0.05) is 55.7 Å². The van der Waals surface area contributed by atoms with Gasteiger partial charge in [0.2, 0.25) is 0 Å². The molecule has 0 saturated heterocycles. The maximum absolute atomic E-state index is 13.5. The van der Waals surface area contributed by atoms with Gasteiger partial charge in [0.15, 0.2) is 5.65 Å². The number of nitrogens with zero attached hydrogens (tertiary/aromatic N) is 2. The lowest BCUT2D eigenvalue weighted by atomic mass is 9.82. The van der Waals surface area contributed by atoms with Crippen LogP contribution >= 0.6 is 0 Å². The van der Waals surface area contributed by atoms with E-state index < -0.39 is 11.9 Å². The van der Waals surface area contributed by atoms with E-state index in [0.29, 0.717) is 11.3 Å². The van der Waals surface area contributed by atoms with Gasteiger partial charge in [-0.15, -0.1) is 0 Å². The van der Waals surface area contributed by atoms with Crippen LogP contribution in [0.5, 0.6) is 0 Å². The Morgan fingerprint density at radius 2 is 1.44 bits per heavy atom. The van der Waals surface area contributed by atoms with Crippen LogP contribution in [0.2, 0.25) is 0 Å². The predicted molar refractivity (Wildman–Crippen MR) is 126 cm³/mol. The molecule has 5 rings (SSSR count). The van der Waals surface area contributed by atoms with Gasteiger partial charge < -0.3 is 10.2 Å². The highest BCUT2D eigenvalue weighted by Gasteiger charge is 2.26. The van der Waals surface area contributed by atoms with Crippen LogP contribution in [0.25, 0.3) is 28.0 Å². The van der Waals surface area contributed by atoms with Crippen LogP contribution in [0.1, 0.15) is 64.4 Å². The largest absolute Gasteiger partial charge is 0.478 e. The Morgan fingerprint density at radius 3 is 2.03 bits per heavy atom. The van der Waals surface area contributed by atoms with E-state index in [1.807, 2.05) is 24.3 Å². The molecule has 1 fully saturated rings. The van der Waals surface area contributed by atoms with Crippen LogP contribution in [0, 0.1) is 0 Å². The number of aromatic amines is 1. The third-order valence-corrected chi connectivity index (χ3v) is 6.52. The second kappa shape index (κ2) is 8.62. The standard InChI is InChI=1S/C26H23N3O5/c30-24-22(17-4-2-1-3-5-17)23(27-21-14-20(26(33)34)28-29(21)24)18-10-6-15(7-11-18)16-8-12-19(13-9-16)25(31)32/h6-14,17,28H,1-5H2,(H,31,32)(H,33,34). The highest BCUT2D eigenvalue weighted by Crippen LogP contribution is 2.36. The Kier molecular flexibility index (Phi) is 5.49. The van der Waals surface area contributed by atoms with Crippen LogP contribution < -0.4 is 5.56 Å². The van der Waals surface area contributed by atoms with Crippen LogP contribution in [0.4, 0.5) is 0 Å². The van der Waals surface area contributed by atoms with Gasteiger partial charge in [0.1, 0.15) is 5.69 Å². The molecule has 0 aliphatic heterocycles. The quantitative estimate of drug-likeness (QED) is 0.395. The number of nitrogens with one attached hydrogen (secondary N) is 1. The second-order valence-electron chi connectivity index (χ2n) is 8.64. The van der Waals surface area contributed by atoms with Crippen molar-refractivity contribution in [3.8, 4) is 22.4 Å². The summed E-state index contributed by atoms with van der Waals surface area (Å²) in [6, 6.07) is 15.6. The van der Waals surface area contributed by atoms with E-state index in [9.17, 15) is 19.5 Å². The number of rotatable bonds is 5. The first-order chi connectivity index (χ1) is 16.4. The fraction of sp³-hybridized carbons (Fsp3) is 0.231. The molecule has 8 nitrogen and oxygen atoms in total. The van der Waals surface area contributed by atoms with Crippen molar-refractivity contribution in [2.24, 2.45) is 0 Å². The second-order valence-corrected chi connectivity index (χ2v) is 8.64. The SMILES string of the molecule is O=C(O)c1ccc(-c2ccc(-c3nc4cc(C(=O)O)[nH]n4c(=O)c3C3CCCCC3)cc2)cc1. The molecule has 0 bridgehead atoms.